The highest BCUT2D eigenvalue weighted by Crippen LogP contribution is 2.36. The number of carbonyl (C=O) groups is 1. The Balaban J connectivity index is 1.45. The molecule has 1 amide bonds. The van der Waals surface area contributed by atoms with Crippen molar-refractivity contribution in [3.8, 4) is 28.5 Å². The van der Waals surface area contributed by atoms with Gasteiger partial charge in [0.15, 0.2) is 17.2 Å². The SMILES string of the molecule is O=C(/C=C/c1cc(O)c(O)c(O)c1)NCc1cc2c([nH]c3ccccc32)c(-c2cccc(F)c2)n1. The molecule has 174 valence electrons. The van der Waals surface area contributed by atoms with E-state index in [2.05, 4.69) is 10.3 Å². The molecule has 0 bridgehead atoms. The van der Waals surface area contributed by atoms with E-state index < -0.39 is 23.2 Å². The van der Waals surface area contributed by atoms with E-state index in [9.17, 15) is 24.5 Å². The number of carbonyl (C=O) groups excluding carboxylic acids is 1. The molecule has 0 fully saturated rings. The first-order chi connectivity index (χ1) is 16.9. The highest BCUT2D eigenvalue weighted by atomic mass is 19.1. The van der Waals surface area contributed by atoms with Gasteiger partial charge in [-0.2, -0.15) is 0 Å². The van der Waals surface area contributed by atoms with E-state index in [4.69, 9.17) is 4.98 Å². The molecule has 0 spiro atoms. The highest BCUT2D eigenvalue weighted by Gasteiger charge is 2.14. The predicted molar refractivity (Wildman–Crippen MR) is 131 cm³/mol. The summed E-state index contributed by atoms with van der Waals surface area (Å²) in [5, 5.41) is 33.3. The molecule has 0 aliphatic carbocycles. The van der Waals surface area contributed by atoms with Crippen LogP contribution < -0.4 is 5.32 Å². The maximum absolute atomic E-state index is 14.0. The van der Waals surface area contributed by atoms with Crippen molar-refractivity contribution in [1.29, 1.82) is 0 Å². The Bertz CT molecular complexity index is 1600. The highest BCUT2D eigenvalue weighted by molar-refractivity contribution is 6.11. The Labute approximate surface area is 198 Å². The summed E-state index contributed by atoms with van der Waals surface area (Å²) in [6.07, 6.45) is 2.63. The quantitative estimate of drug-likeness (QED) is 0.184. The number of rotatable bonds is 5. The van der Waals surface area contributed by atoms with E-state index in [1.165, 1.54) is 36.4 Å². The first kappa shape index (κ1) is 22.0. The number of phenolic OH excluding ortho intramolecular Hbond substituents is 3. The number of aromatic nitrogens is 2. The van der Waals surface area contributed by atoms with Gasteiger partial charge in [-0.3, -0.25) is 4.79 Å². The third-order valence-electron chi connectivity index (χ3n) is 5.61. The van der Waals surface area contributed by atoms with E-state index in [-0.39, 0.29) is 12.4 Å². The molecule has 0 saturated carbocycles. The molecule has 35 heavy (non-hydrogen) atoms. The zero-order valence-corrected chi connectivity index (χ0v) is 18.3. The first-order valence-corrected chi connectivity index (χ1v) is 10.8. The molecule has 5 N–H and O–H groups in total. The number of benzene rings is 3. The number of halogens is 1. The largest absolute Gasteiger partial charge is 0.504 e. The van der Waals surface area contributed by atoms with Crippen LogP contribution in [0.15, 0.2) is 72.8 Å². The molecule has 0 saturated heterocycles. The molecule has 0 radical (unpaired) electrons. The first-order valence-electron chi connectivity index (χ1n) is 10.8. The average molecular weight is 469 g/mol. The van der Waals surface area contributed by atoms with E-state index in [0.29, 0.717) is 22.5 Å². The third kappa shape index (κ3) is 4.37. The fourth-order valence-electron chi connectivity index (χ4n) is 3.96. The number of para-hydroxylation sites is 1. The van der Waals surface area contributed by atoms with Gasteiger partial charge >= 0.3 is 0 Å². The molecule has 8 heteroatoms. The lowest BCUT2D eigenvalue weighted by Gasteiger charge is -2.08. The normalized spacial score (nSPS) is 11.5. The molecule has 0 unspecified atom stereocenters. The van der Waals surface area contributed by atoms with Gasteiger partial charge in [0.1, 0.15) is 5.82 Å². The Kier molecular flexibility index (Phi) is 5.54. The van der Waals surface area contributed by atoms with Crippen LogP contribution >= 0.6 is 0 Å². The number of hydrogen-bond acceptors (Lipinski definition) is 5. The average Bonchev–Trinajstić information content (AvgIpc) is 3.23. The molecular weight excluding hydrogens is 449 g/mol. The molecule has 0 atom stereocenters. The Hall–Kier alpha value is -4.85. The van der Waals surface area contributed by atoms with Crippen LogP contribution in [0, 0.1) is 5.82 Å². The van der Waals surface area contributed by atoms with Crippen LogP contribution in [-0.4, -0.2) is 31.2 Å². The van der Waals surface area contributed by atoms with Gasteiger partial charge in [0.25, 0.3) is 0 Å². The number of nitrogens with one attached hydrogen (secondary N) is 2. The number of pyridine rings is 1. The summed E-state index contributed by atoms with van der Waals surface area (Å²) in [7, 11) is 0. The number of hydrogen-bond donors (Lipinski definition) is 5. The van der Waals surface area contributed by atoms with Gasteiger partial charge in [-0.15, -0.1) is 0 Å². The molecule has 5 aromatic rings. The van der Waals surface area contributed by atoms with Crippen molar-refractivity contribution in [2.24, 2.45) is 0 Å². The van der Waals surface area contributed by atoms with Gasteiger partial charge in [0, 0.05) is 27.9 Å². The number of nitrogens with zero attached hydrogens (tertiary/aromatic N) is 1. The topological polar surface area (TPSA) is 118 Å². The van der Waals surface area contributed by atoms with Crippen molar-refractivity contribution in [2.75, 3.05) is 0 Å². The second-order valence-corrected chi connectivity index (χ2v) is 8.02. The molecule has 0 aliphatic rings. The van der Waals surface area contributed by atoms with Crippen molar-refractivity contribution >= 4 is 33.8 Å². The van der Waals surface area contributed by atoms with Gasteiger partial charge in [-0.25, -0.2) is 9.37 Å². The summed E-state index contributed by atoms with van der Waals surface area (Å²) >= 11 is 0. The maximum Gasteiger partial charge on any atom is 0.244 e. The number of fused-ring (bicyclic) bond motifs is 3. The summed E-state index contributed by atoms with van der Waals surface area (Å²) in [6.45, 7) is 0.118. The fourth-order valence-corrected chi connectivity index (χ4v) is 3.96. The van der Waals surface area contributed by atoms with Crippen LogP contribution in [0.1, 0.15) is 11.3 Å². The van der Waals surface area contributed by atoms with E-state index in [0.717, 1.165) is 21.8 Å². The summed E-state index contributed by atoms with van der Waals surface area (Å²) in [5.74, 6) is -2.41. The number of aromatic amines is 1. The van der Waals surface area contributed by atoms with Crippen molar-refractivity contribution < 1.29 is 24.5 Å². The Morgan fingerprint density at radius 1 is 0.971 bits per heavy atom. The van der Waals surface area contributed by atoms with Gasteiger partial charge in [-0.1, -0.05) is 30.3 Å². The number of amides is 1. The third-order valence-corrected chi connectivity index (χ3v) is 5.61. The van der Waals surface area contributed by atoms with Gasteiger partial charge in [0.05, 0.1) is 23.4 Å². The maximum atomic E-state index is 14.0. The number of phenols is 3. The van der Waals surface area contributed by atoms with Gasteiger partial charge in [-0.05, 0) is 48.0 Å². The number of H-pyrrole nitrogens is 1. The summed E-state index contributed by atoms with van der Waals surface area (Å²) in [5.41, 5.74) is 3.81. The van der Waals surface area contributed by atoms with Gasteiger partial charge in [0.2, 0.25) is 5.91 Å². The van der Waals surface area contributed by atoms with Crippen molar-refractivity contribution in [1.82, 2.24) is 15.3 Å². The Morgan fingerprint density at radius 2 is 1.74 bits per heavy atom. The predicted octanol–water partition coefficient (Wildman–Crippen LogP) is 4.97. The molecule has 2 heterocycles. The van der Waals surface area contributed by atoms with Crippen molar-refractivity contribution in [2.45, 2.75) is 6.54 Å². The lowest BCUT2D eigenvalue weighted by Crippen LogP contribution is -2.21. The molecule has 7 nitrogen and oxygen atoms in total. The Morgan fingerprint density at radius 3 is 2.51 bits per heavy atom. The van der Waals surface area contributed by atoms with Crippen LogP contribution in [0.25, 0.3) is 39.1 Å². The molecular formula is C27H20FN3O4. The van der Waals surface area contributed by atoms with E-state index >= 15 is 0 Å². The minimum atomic E-state index is -0.626. The monoisotopic (exact) mass is 469 g/mol. The minimum absolute atomic E-state index is 0.118. The summed E-state index contributed by atoms with van der Waals surface area (Å²) in [4.78, 5) is 20.5. The van der Waals surface area contributed by atoms with Crippen LogP contribution in [-0.2, 0) is 11.3 Å². The molecule has 2 aromatic heterocycles. The van der Waals surface area contributed by atoms with Crippen molar-refractivity contribution in [3.63, 3.8) is 0 Å². The standard InChI is InChI=1S/C27H20FN3O4/c28-17-5-3-4-16(12-17)25-26-20(19-6-1-2-7-21(19)31-26)13-18(30-25)14-29-24(34)9-8-15-10-22(32)27(35)23(33)11-15/h1-13,31-33,35H,14H2,(H,29,34)/b9-8+. The van der Waals surface area contributed by atoms with E-state index in [1.54, 1.807) is 12.1 Å². The lowest BCUT2D eigenvalue weighted by atomic mass is 10.1. The van der Waals surface area contributed by atoms with Crippen LogP contribution in [0.5, 0.6) is 17.2 Å². The van der Waals surface area contributed by atoms with Gasteiger partial charge < -0.3 is 25.6 Å². The second kappa shape index (κ2) is 8.83. The van der Waals surface area contributed by atoms with E-state index in [1.807, 2.05) is 30.3 Å². The number of aromatic hydroxyl groups is 3. The molecule has 0 aliphatic heterocycles. The second-order valence-electron chi connectivity index (χ2n) is 8.02. The minimum Gasteiger partial charge on any atom is -0.504 e. The zero-order valence-electron chi connectivity index (χ0n) is 18.3. The molecule has 5 rings (SSSR count). The van der Waals surface area contributed by atoms with Crippen LogP contribution in [0.2, 0.25) is 0 Å². The zero-order chi connectivity index (χ0) is 24.5. The smallest absolute Gasteiger partial charge is 0.244 e. The summed E-state index contributed by atoms with van der Waals surface area (Å²) < 4.78 is 14.0. The molecule has 3 aromatic carbocycles. The summed E-state index contributed by atoms with van der Waals surface area (Å²) in [6, 6.07) is 18.3. The van der Waals surface area contributed by atoms with Crippen LogP contribution in [0.3, 0.4) is 0 Å². The van der Waals surface area contributed by atoms with Crippen LogP contribution in [0.4, 0.5) is 4.39 Å². The fraction of sp³-hybridized carbons (Fsp3) is 0.0370. The lowest BCUT2D eigenvalue weighted by molar-refractivity contribution is -0.116. The van der Waals surface area contributed by atoms with Crippen molar-refractivity contribution in [3.05, 3.63) is 89.9 Å².